The second kappa shape index (κ2) is 5.88. The van der Waals surface area contributed by atoms with Crippen molar-refractivity contribution >= 4 is 21.9 Å². The normalized spacial score (nSPS) is 12.4. The van der Waals surface area contributed by atoms with Crippen LogP contribution in [0.25, 0.3) is 0 Å². The van der Waals surface area contributed by atoms with Crippen molar-refractivity contribution in [2.75, 3.05) is 6.61 Å². The van der Waals surface area contributed by atoms with Crippen LogP contribution in [0.5, 0.6) is 0 Å². The quantitative estimate of drug-likeness (QED) is 0.863. The van der Waals surface area contributed by atoms with Gasteiger partial charge < -0.3 is 10.2 Å². The molecular formula is C11H13BrO3. The number of rotatable bonds is 5. The van der Waals surface area contributed by atoms with Crippen LogP contribution in [0, 0.1) is 5.92 Å². The molecule has 0 saturated carbocycles. The summed E-state index contributed by atoms with van der Waals surface area (Å²) < 4.78 is 0.911. The molecule has 2 N–H and O–H groups in total. The number of hydrogen-bond acceptors (Lipinski definition) is 2. The highest BCUT2D eigenvalue weighted by Gasteiger charge is 2.18. The Morgan fingerprint density at radius 1 is 1.40 bits per heavy atom. The van der Waals surface area contributed by atoms with Crippen LogP contribution >= 0.6 is 15.9 Å². The standard InChI is InChI=1S/C11H13BrO3/c12-10-4-2-1-3-8(10)7-9(5-6-13)11(14)15/h1-4,9,13H,5-7H2,(H,14,15). The average molecular weight is 273 g/mol. The maximum absolute atomic E-state index is 10.9. The Hall–Kier alpha value is -0.870. The molecule has 0 aliphatic heterocycles. The third-order valence-electron chi connectivity index (χ3n) is 2.25. The molecule has 0 amide bonds. The number of carboxylic acids is 1. The van der Waals surface area contributed by atoms with E-state index in [2.05, 4.69) is 15.9 Å². The zero-order valence-electron chi connectivity index (χ0n) is 8.19. The summed E-state index contributed by atoms with van der Waals surface area (Å²) in [6, 6.07) is 7.53. The lowest BCUT2D eigenvalue weighted by Gasteiger charge is -2.11. The number of carbonyl (C=O) groups is 1. The molecule has 1 aromatic carbocycles. The smallest absolute Gasteiger partial charge is 0.306 e. The molecule has 4 heteroatoms. The van der Waals surface area contributed by atoms with Gasteiger partial charge in [0, 0.05) is 11.1 Å². The molecule has 1 unspecified atom stereocenters. The summed E-state index contributed by atoms with van der Waals surface area (Å²) in [5, 5.41) is 17.7. The van der Waals surface area contributed by atoms with Gasteiger partial charge in [0.05, 0.1) is 5.92 Å². The Morgan fingerprint density at radius 3 is 2.60 bits per heavy atom. The number of aliphatic hydroxyl groups excluding tert-OH is 1. The van der Waals surface area contributed by atoms with E-state index in [0.717, 1.165) is 10.0 Å². The van der Waals surface area contributed by atoms with Gasteiger partial charge in [0.1, 0.15) is 0 Å². The van der Waals surface area contributed by atoms with E-state index in [9.17, 15) is 4.79 Å². The minimum atomic E-state index is -0.861. The molecule has 0 spiro atoms. The molecule has 82 valence electrons. The highest BCUT2D eigenvalue weighted by molar-refractivity contribution is 9.10. The number of aliphatic carboxylic acids is 1. The SMILES string of the molecule is O=C(O)C(CCO)Cc1ccccc1Br. The predicted octanol–water partition coefficient (Wildman–Crippen LogP) is 2.07. The van der Waals surface area contributed by atoms with E-state index in [1.165, 1.54) is 0 Å². The van der Waals surface area contributed by atoms with Crippen molar-refractivity contribution in [3.63, 3.8) is 0 Å². The molecule has 1 atom stereocenters. The Labute approximate surface area is 96.9 Å². The third-order valence-corrected chi connectivity index (χ3v) is 3.02. The lowest BCUT2D eigenvalue weighted by Crippen LogP contribution is -2.18. The first-order chi connectivity index (χ1) is 7.15. The first-order valence-corrected chi connectivity index (χ1v) is 5.51. The van der Waals surface area contributed by atoms with Crippen molar-refractivity contribution in [2.45, 2.75) is 12.8 Å². The Kier molecular flexibility index (Phi) is 4.78. The van der Waals surface area contributed by atoms with E-state index < -0.39 is 11.9 Å². The van der Waals surface area contributed by atoms with Gasteiger partial charge in [-0.1, -0.05) is 34.1 Å². The highest BCUT2D eigenvalue weighted by Crippen LogP contribution is 2.20. The van der Waals surface area contributed by atoms with Crippen LogP contribution in [0.1, 0.15) is 12.0 Å². The molecule has 1 aromatic rings. The molecular weight excluding hydrogens is 260 g/mol. The summed E-state index contributed by atoms with van der Waals surface area (Å²) in [7, 11) is 0. The van der Waals surface area contributed by atoms with Gasteiger partial charge in [0.15, 0.2) is 0 Å². The first kappa shape index (κ1) is 12.2. The minimum absolute atomic E-state index is 0.0958. The van der Waals surface area contributed by atoms with Crippen molar-refractivity contribution in [1.29, 1.82) is 0 Å². The van der Waals surface area contributed by atoms with Crippen molar-refractivity contribution in [1.82, 2.24) is 0 Å². The topological polar surface area (TPSA) is 57.5 Å². The lowest BCUT2D eigenvalue weighted by molar-refractivity contribution is -0.142. The Morgan fingerprint density at radius 2 is 2.07 bits per heavy atom. The fourth-order valence-corrected chi connectivity index (χ4v) is 1.84. The Bertz CT molecular complexity index is 338. The van der Waals surface area contributed by atoms with E-state index in [1.54, 1.807) is 0 Å². The molecule has 0 radical (unpaired) electrons. The van der Waals surface area contributed by atoms with Crippen LogP contribution < -0.4 is 0 Å². The first-order valence-electron chi connectivity index (χ1n) is 4.72. The highest BCUT2D eigenvalue weighted by atomic mass is 79.9. The maximum atomic E-state index is 10.9. The van der Waals surface area contributed by atoms with Crippen LogP contribution in [-0.4, -0.2) is 22.8 Å². The summed E-state index contributed by atoms with van der Waals surface area (Å²) in [5.41, 5.74) is 0.957. The van der Waals surface area contributed by atoms with Crippen LogP contribution in [0.3, 0.4) is 0 Å². The van der Waals surface area contributed by atoms with Gasteiger partial charge in [-0.15, -0.1) is 0 Å². The number of carboxylic acid groups (broad SMARTS) is 1. The molecule has 0 aliphatic carbocycles. The number of halogens is 1. The van der Waals surface area contributed by atoms with Gasteiger partial charge in [-0.25, -0.2) is 0 Å². The van der Waals surface area contributed by atoms with Crippen molar-refractivity contribution in [2.24, 2.45) is 5.92 Å². The van der Waals surface area contributed by atoms with E-state index >= 15 is 0 Å². The van der Waals surface area contributed by atoms with Crippen LogP contribution in [0.2, 0.25) is 0 Å². The van der Waals surface area contributed by atoms with E-state index in [1.807, 2.05) is 24.3 Å². The summed E-state index contributed by atoms with van der Waals surface area (Å²) >= 11 is 3.37. The average Bonchev–Trinajstić information content (AvgIpc) is 2.20. The predicted molar refractivity (Wildman–Crippen MR) is 60.7 cm³/mol. The minimum Gasteiger partial charge on any atom is -0.481 e. The lowest BCUT2D eigenvalue weighted by atomic mass is 9.97. The van der Waals surface area contributed by atoms with Crippen LogP contribution in [0.4, 0.5) is 0 Å². The number of hydrogen-bond donors (Lipinski definition) is 2. The van der Waals surface area contributed by atoms with Gasteiger partial charge >= 0.3 is 5.97 Å². The van der Waals surface area contributed by atoms with Crippen molar-refractivity contribution in [3.05, 3.63) is 34.3 Å². The fourth-order valence-electron chi connectivity index (χ4n) is 1.40. The van der Waals surface area contributed by atoms with Gasteiger partial charge in [-0.05, 0) is 24.5 Å². The summed E-state index contributed by atoms with van der Waals surface area (Å²) in [6.07, 6.45) is 0.730. The molecule has 1 rings (SSSR count). The summed E-state index contributed by atoms with van der Waals surface area (Å²) in [5.74, 6) is -1.38. The molecule has 0 fully saturated rings. The molecule has 15 heavy (non-hydrogen) atoms. The zero-order valence-corrected chi connectivity index (χ0v) is 9.77. The second-order valence-corrected chi connectivity index (χ2v) is 4.20. The molecule has 0 aliphatic rings. The second-order valence-electron chi connectivity index (χ2n) is 3.34. The summed E-state index contributed by atoms with van der Waals surface area (Å²) in [6.45, 7) is -0.0958. The Balaban J connectivity index is 2.74. The van der Waals surface area contributed by atoms with Crippen molar-refractivity contribution in [3.8, 4) is 0 Å². The number of benzene rings is 1. The molecule has 0 aromatic heterocycles. The monoisotopic (exact) mass is 272 g/mol. The van der Waals surface area contributed by atoms with Crippen LogP contribution in [0.15, 0.2) is 28.7 Å². The maximum Gasteiger partial charge on any atom is 0.306 e. The van der Waals surface area contributed by atoms with Gasteiger partial charge in [-0.2, -0.15) is 0 Å². The molecule has 3 nitrogen and oxygen atoms in total. The largest absolute Gasteiger partial charge is 0.481 e. The third kappa shape index (κ3) is 3.64. The molecule has 0 bridgehead atoms. The van der Waals surface area contributed by atoms with Gasteiger partial charge in [0.25, 0.3) is 0 Å². The molecule has 0 heterocycles. The van der Waals surface area contributed by atoms with Crippen LogP contribution in [-0.2, 0) is 11.2 Å². The van der Waals surface area contributed by atoms with Gasteiger partial charge in [0.2, 0.25) is 0 Å². The van der Waals surface area contributed by atoms with E-state index in [-0.39, 0.29) is 13.0 Å². The molecule has 0 saturated heterocycles. The number of aliphatic hydroxyl groups is 1. The zero-order chi connectivity index (χ0) is 11.3. The van der Waals surface area contributed by atoms with E-state index in [4.69, 9.17) is 10.2 Å². The fraction of sp³-hybridized carbons (Fsp3) is 0.364. The summed E-state index contributed by atoms with van der Waals surface area (Å²) in [4.78, 5) is 10.9. The van der Waals surface area contributed by atoms with E-state index in [0.29, 0.717) is 6.42 Å². The van der Waals surface area contributed by atoms with Crippen molar-refractivity contribution < 1.29 is 15.0 Å². The van der Waals surface area contributed by atoms with Gasteiger partial charge in [-0.3, -0.25) is 4.79 Å².